The van der Waals surface area contributed by atoms with Crippen LogP contribution in [0.5, 0.6) is 0 Å². The van der Waals surface area contributed by atoms with E-state index in [-0.39, 0.29) is 26.2 Å². The number of nitrogens with one attached hydrogen (secondary N) is 1. The lowest BCUT2D eigenvalue weighted by molar-refractivity contribution is -0.310. The Labute approximate surface area is 313 Å². The van der Waals surface area contributed by atoms with E-state index in [4.69, 9.17) is 61.8 Å². The molecule has 1 saturated carbocycles. The molecule has 3 saturated heterocycles. The second-order valence-electron chi connectivity index (χ2n) is 14.4. The zero-order chi connectivity index (χ0) is 39.1. The molecule has 0 radical (unpaired) electrons. The summed E-state index contributed by atoms with van der Waals surface area (Å²) in [7, 11) is 0. The maximum atomic E-state index is 11.6. The summed E-state index contributed by atoms with van der Waals surface area (Å²) in [6, 6.07) is 5.87. The van der Waals surface area contributed by atoms with Crippen LogP contribution in [0.3, 0.4) is 0 Å². The van der Waals surface area contributed by atoms with Crippen molar-refractivity contribution in [1.29, 1.82) is 0 Å². The van der Waals surface area contributed by atoms with Gasteiger partial charge >= 0.3 is 0 Å². The molecular formula is C34H60N6O14. The van der Waals surface area contributed by atoms with Crippen LogP contribution in [0.4, 0.5) is 0 Å². The zero-order valence-corrected chi connectivity index (χ0v) is 30.1. The van der Waals surface area contributed by atoms with E-state index >= 15 is 0 Å². The lowest BCUT2D eigenvalue weighted by atomic mass is 9.84. The van der Waals surface area contributed by atoms with Crippen molar-refractivity contribution in [1.82, 2.24) is 5.32 Å². The van der Waals surface area contributed by atoms with Gasteiger partial charge in [0.05, 0.1) is 38.0 Å². The third-order valence-electron chi connectivity index (χ3n) is 10.5. The van der Waals surface area contributed by atoms with Crippen LogP contribution in [0.1, 0.15) is 18.4 Å². The van der Waals surface area contributed by atoms with Gasteiger partial charge in [-0.1, -0.05) is 30.3 Å². The molecule has 0 bridgehead atoms. The topological polar surface area (TPSA) is 348 Å². The first kappa shape index (κ1) is 43.5. The number of nitrogens with two attached hydrogens (primary N) is 5. The van der Waals surface area contributed by atoms with Crippen molar-refractivity contribution in [3.63, 3.8) is 0 Å². The van der Waals surface area contributed by atoms with E-state index in [0.29, 0.717) is 6.54 Å². The van der Waals surface area contributed by atoms with E-state index in [0.717, 1.165) is 19.4 Å². The van der Waals surface area contributed by atoms with Gasteiger partial charge in [-0.3, -0.25) is 0 Å². The summed E-state index contributed by atoms with van der Waals surface area (Å²) in [5.74, 6) is 0. The molecule has 18 N–H and O–H groups in total. The third-order valence-corrected chi connectivity index (χ3v) is 10.5. The fraction of sp³-hybridized carbons (Fsp3) is 0.824. The summed E-state index contributed by atoms with van der Waals surface area (Å²) in [5.41, 5.74) is 31.9. The Hall–Kier alpha value is -1.58. The lowest BCUT2D eigenvalue weighted by Gasteiger charge is -2.47. The second kappa shape index (κ2) is 20.2. The van der Waals surface area contributed by atoms with Crippen molar-refractivity contribution in [2.45, 2.75) is 136 Å². The predicted molar refractivity (Wildman–Crippen MR) is 188 cm³/mol. The normalized spacial score (nSPS) is 44.4. The molecule has 3 heterocycles. The fourth-order valence-corrected chi connectivity index (χ4v) is 7.22. The molecule has 19 atom stereocenters. The first-order chi connectivity index (χ1) is 25.9. The average Bonchev–Trinajstić information content (AvgIpc) is 3.45. The quantitative estimate of drug-likeness (QED) is 0.0654. The Morgan fingerprint density at radius 2 is 1.24 bits per heavy atom. The molecule has 4 aliphatic rings. The van der Waals surface area contributed by atoms with E-state index in [2.05, 4.69) is 17.4 Å². The Kier molecular flexibility index (Phi) is 16.3. The van der Waals surface area contributed by atoms with Crippen LogP contribution >= 0.6 is 0 Å². The Morgan fingerprint density at radius 3 is 1.89 bits per heavy atom. The molecule has 5 rings (SSSR count). The SMILES string of the molecule is NC[C@@H]1O[C@H](O[C@H]2[C@@H](O)[C@H](O[C@@H]3[C@@H](O)[C@H](N)C[C@H](N)[C@H]3O[C@H]3O[C@H](CO)[C@@H](O)[C@H](O)[C@H]3N)O[C@@H]2COCCNCCCc2ccccc2)[C@H](N)[C@@H](O)[C@@H]1O. The summed E-state index contributed by atoms with van der Waals surface area (Å²) < 4.78 is 41.8. The van der Waals surface area contributed by atoms with Gasteiger partial charge in [-0.2, -0.15) is 0 Å². The molecule has 20 heteroatoms. The van der Waals surface area contributed by atoms with Gasteiger partial charge in [0.15, 0.2) is 18.9 Å². The number of rotatable bonds is 17. The summed E-state index contributed by atoms with van der Waals surface area (Å²) >= 11 is 0. The molecule has 20 nitrogen and oxygen atoms in total. The van der Waals surface area contributed by atoms with E-state index in [1.807, 2.05) is 18.2 Å². The fourth-order valence-electron chi connectivity index (χ4n) is 7.22. The number of aryl methyl sites for hydroxylation is 1. The molecule has 0 aromatic heterocycles. The molecule has 310 valence electrons. The number of hydrogen-bond acceptors (Lipinski definition) is 20. The van der Waals surface area contributed by atoms with Crippen molar-refractivity contribution >= 4 is 0 Å². The van der Waals surface area contributed by atoms with E-state index in [1.165, 1.54) is 5.56 Å². The van der Waals surface area contributed by atoms with Gasteiger partial charge in [-0.25, -0.2) is 0 Å². The van der Waals surface area contributed by atoms with Gasteiger partial charge in [0, 0.05) is 25.2 Å². The molecule has 1 aromatic rings. The van der Waals surface area contributed by atoms with Crippen LogP contribution in [0.15, 0.2) is 30.3 Å². The molecule has 1 aromatic carbocycles. The predicted octanol–water partition coefficient (Wildman–Crippen LogP) is -6.62. The summed E-state index contributed by atoms with van der Waals surface area (Å²) in [5, 5.41) is 77.5. The summed E-state index contributed by atoms with van der Waals surface area (Å²) in [4.78, 5) is 0. The number of aliphatic hydroxyl groups excluding tert-OH is 7. The Balaban J connectivity index is 1.25. The molecule has 1 aliphatic carbocycles. The number of aliphatic hydroxyl groups is 7. The van der Waals surface area contributed by atoms with Crippen molar-refractivity contribution in [2.75, 3.05) is 39.5 Å². The van der Waals surface area contributed by atoms with Crippen LogP contribution in [-0.4, -0.2) is 191 Å². The highest BCUT2D eigenvalue weighted by atomic mass is 16.8. The molecule has 0 unspecified atom stereocenters. The maximum absolute atomic E-state index is 11.6. The lowest BCUT2D eigenvalue weighted by Crippen LogP contribution is -2.68. The van der Waals surface area contributed by atoms with Gasteiger partial charge in [0.2, 0.25) is 0 Å². The van der Waals surface area contributed by atoms with E-state index in [9.17, 15) is 35.7 Å². The zero-order valence-electron chi connectivity index (χ0n) is 30.1. The second-order valence-corrected chi connectivity index (χ2v) is 14.4. The van der Waals surface area contributed by atoms with E-state index < -0.39 is 123 Å². The molecule has 0 amide bonds. The number of benzene rings is 1. The molecule has 3 aliphatic heterocycles. The van der Waals surface area contributed by atoms with Gasteiger partial charge < -0.3 is 103 Å². The molecular weight excluding hydrogens is 716 g/mol. The standard InChI is InChI=1S/C34H60N6O14/c35-12-18-24(43)26(45)21(38)32(49-18)53-30-20(14-48-10-9-40-8-4-7-15-5-2-1-3-6-15)51-34(28(30)47)54-31-23(42)16(36)11-17(37)29(31)52-33-22(39)27(46)25(44)19(13-41)50-33/h1-3,5-6,16-34,40-47H,4,7-14,35-39H2/t16-,17+,18+,19-,20-,21-,22-,23+,24-,25-,26-,27-,28-,29-,30-,31-,32-,33-,34+/m1/s1. The minimum absolute atomic E-state index is 0.0756. The first-order valence-electron chi connectivity index (χ1n) is 18.5. The number of hydrogen-bond donors (Lipinski definition) is 13. The maximum Gasteiger partial charge on any atom is 0.187 e. The van der Waals surface area contributed by atoms with Crippen LogP contribution in [-0.2, 0) is 39.6 Å². The summed E-state index contributed by atoms with van der Waals surface area (Å²) in [6.07, 6.45) is -18.2. The van der Waals surface area contributed by atoms with Crippen molar-refractivity contribution in [3.05, 3.63) is 35.9 Å². The highest BCUT2D eigenvalue weighted by Gasteiger charge is 2.54. The Bertz CT molecular complexity index is 1250. The van der Waals surface area contributed by atoms with Gasteiger partial charge in [0.1, 0.15) is 67.1 Å². The van der Waals surface area contributed by atoms with Gasteiger partial charge in [-0.05, 0) is 31.4 Å². The monoisotopic (exact) mass is 776 g/mol. The van der Waals surface area contributed by atoms with Crippen molar-refractivity contribution < 1.29 is 68.9 Å². The minimum Gasteiger partial charge on any atom is -0.394 e. The Morgan fingerprint density at radius 1 is 0.648 bits per heavy atom. The van der Waals surface area contributed by atoms with Crippen molar-refractivity contribution in [2.24, 2.45) is 28.7 Å². The van der Waals surface area contributed by atoms with Crippen molar-refractivity contribution in [3.8, 4) is 0 Å². The highest BCUT2D eigenvalue weighted by Crippen LogP contribution is 2.34. The third kappa shape index (κ3) is 10.3. The van der Waals surface area contributed by atoms with E-state index in [1.54, 1.807) is 0 Å². The smallest absolute Gasteiger partial charge is 0.187 e. The average molecular weight is 777 g/mol. The molecule has 4 fully saturated rings. The minimum atomic E-state index is -1.57. The van der Waals surface area contributed by atoms with Crippen LogP contribution in [0, 0.1) is 0 Å². The number of ether oxygens (including phenoxy) is 7. The van der Waals surface area contributed by atoms with Crippen LogP contribution < -0.4 is 34.0 Å². The van der Waals surface area contributed by atoms with Gasteiger partial charge in [0.25, 0.3) is 0 Å². The first-order valence-corrected chi connectivity index (χ1v) is 18.5. The summed E-state index contributed by atoms with van der Waals surface area (Å²) in [6.45, 7) is 0.655. The highest BCUT2D eigenvalue weighted by molar-refractivity contribution is 5.14. The van der Waals surface area contributed by atoms with Crippen LogP contribution in [0.2, 0.25) is 0 Å². The molecule has 0 spiro atoms. The largest absolute Gasteiger partial charge is 0.394 e. The van der Waals surface area contributed by atoms with Crippen LogP contribution in [0.25, 0.3) is 0 Å². The van der Waals surface area contributed by atoms with Gasteiger partial charge in [-0.15, -0.1) is 0 Å². The molecule has 54 heavy (non-hydrogen) atoms.